The summed E-state index contributed by atoms with van der Waals surface area (Å²) >= 11 is 0. The second-order valence-electron chi connectivity index (χ2n) is 4.57. The highest BCUT2D eigenvalue weighted by molar-refractivity contribution is 5.99. The van der Waals surface area contributed by atoms with Crippen molar-refractivity contribution in [1.29, 1.82) is 0 Å². The molecule has 4 saturated carbocycles. The molecule has 4 atom stereocenters. The molecule has 4 unspecified atom stereocenters. The fraction of sp³-hybridized carbons (Fsp3) is 0.875. The average Bonchev–Trinajstić information content (AvgIpc) is 2.41. The molecule has 5 aliphatic rings. The van der Waals surface area contributed by atoms with Gasteiger partial charge < -0.3 is 0 Å². The predicted octanol–water partition coefficient (Wildman–Crippen LogP) is -0.704. The van der Waals surface area contributed by atoms with Gasteiger partial charge in [0.15, 0.2) is 0 Å². The van der Waals surface area contributed by atoms with Crippen LogP contribution in [0, 0.1) is 23.2 Å². The molecule has 1 heterocycles. The number of hydrogen-bond acceptors (Lipinski definition) is 3. The number of nitrogens with one attached hydrogen (secondary N) is 2. The van der Waals surface area contributed by atoms with Crippen LogP contribution in [0.2, 0.25) is 0 Å². The van der Waals surface area contributed by atoms with E-state index in [1.54, 1.807) is 0 Å². The maximum Gasteiger partial charge on any atom is 0.145 e. The number of ketones is 1. The van der Waals surface area contributed by atoms with Crippen LogP contribution in [0.1, 0.15) is 6.92 Å². The lowest BCUT2D eigenvalue weighted by molar-refractivity contribution is -0.124. The van der Waals surface area contributed by atoms with Gasteiger partial charge in [-0.2, -0.15) is 0 Å². The van der Waals surface area contributed by atoms with Gasteiger partial charge in [0.25, 0.3) is 0 Å². The molecule has 58 valence electrons. The molecule has 0 radical (unpaired) electrons. The first-order valence-electron chi connectivity index (χ1n) is 4.31. The molecule has 6 bridgehead atoms. The minimum Gasteiger partial charge on any atom is -0.299 e. The van der Waals surface area contributed by atoms with E-state index in [-0.39, 0.29) is 5.41 Å². The molecular weight excluding hydrogens is 140 g/mol. The van der Waals surface area contributed by atoms with Gasteiger partial charge in [0.05, 0.1) is 5.41 Å². The summed E-state index contributed by atoms with van der Waals surface area (Å²) in [7, 11) is 0. The van der Waals surface area contributed by atoms with Crippen LogP contribution in [-0.4, -0.2) is 17.9 Å². The number of rotatable bonds is 0. The average molecular weight is 150 g/mol. The molecule has 3 heteroatoms. The summed E-state index contributed by atoms with van der Waals surface area (Å²) in [5.74, 6) is 2.38. The maximum absolute atomic E-state index is 11.7. The van der Waals surface area contributed by atoms with E-state index in [0.717, 1.165) is 0 Å². The number of carbonyl (C=O) groups is 1. The third kappa shape index (κ3) is 0.278. The Kier molecular flexibility index (Phi) is 0.518. The SMILES string of the molecule is CC12C(=O)C3C4C3C1NNC42. The van der Waals surface area contributed by atoms with Crippen molar-refractivity contribution in [2.45, 2.75) is 19.0 Å². The second-order valence-corrected chi connectivity index (χ2v) is 4.57. The molecule has 4 aliphatic carbocycles. The molecule has 1 aliphatic heterocycles. The van der Waals surface area contributed by atoms with Gasteiger partial charge in [0.1, 0.15) is 5.78 Å². The van der Waals surface area contributed by atoms with Gasteiger partial charge >= 0.3 is 0 Å². The van der Waals surface area contributed by atoms with E-state index >= 15 is 0 Å². The number of carbonyl (C=O) groups excluding carboxylic acids is 1. The van der Waals surface area contributed by atoms with Crippen molar-refractivity contribution >= 4 is 5.78 Å². The van der Waals surface area contributed by atoms with Gasteiger partial charge in [-0.25, -0.2) is 0 Å². The third-order valence-electron chi connectivity index (χ3n) is 4.42. The number of Topliss-reactive ketones (excluding diaryl/α,β-unsaturated/α-hetero) is 1. The Hall–Kier alpha value is -0.410. The molecule has 0 aromatic carbocycles. The lowest BCUT2D eigenvalue weighted by Crippen LogP contribution is -2.39. The third-order valence-corrected chi connectivity index (χ3v) is 4.42. The summed E-state index contributed by atoms with van der Waals surface area (Å²) < 4.78 is 0. The van der Waals surface area contributed by atoms with Crippen LogP contribution in [0.5, 0.6) is 0 Å². The van der Waals surface area contributed by atoms with E-state index < -0.39 is 0 Å². The number of hydrazine groups is 1. The lowest BCUT2D eigenvalue weighted by Gasteiger charge is -2.18. The van der Waals surface area contributed by atoms with Gasteiger partial charge in [-0.05, 0) is 18.8 Å². The molecule has 1 saturated heterocycles. The first-order valence-corrected chi connectivity index (χ1v) is 4.31. The van der Waals surface area contributed by atoms with Gasteiger partial charge in [0.2, 0.25) is 0 Å². The first kappa shape index (κ1) is 5.27. The van der Waals surface area contributed by atoms with Crippen molar-refractivity contribution in [3.05, 3.63) is 0 Å². The summed E-state index contributed by atoms with van der Waals surface area (Å²) in [6, 6.07) is 0.935. The standard InChI is InChI=1S/C8H10N2O/c1-8-5-2-3(4(2)7(8)11)6(8)10-9-5/h2-6,9-10H,1H3. The zero-order valence-electron chi connectivity index (χ0n) is 6.29. The highest BCUT2D eigenvalue weighted by Crippen LogP contribution is 2.74. The highest BCUT2D eigenvalue weighted by Gasteiger charge is 2.86. The largest absolute Gasteiger partial charge is 0.299 e. The Bertz CT molecular complexity index is 270. The molecule has 5 rings (SSSR count). The molecule has 5 fully saturated rings. The summed E-state index contributed by atoms with van der Waals surface area (Å²) in [5, 5.41) is 0. The summed E-state index contributed by atoms with van der Waals surface area (Å²) in [6.07, 6.45) is 0. The van der Waals surface area contributed by atoms with E-state index in [4.69, 9.17) is 0 Å². The van der Waals surface area contributed by atoms with E-state index in [1.165, 1.54) is 0 Å². The van der Waals surface area contributed by atoms with Crippen molar-refractivity contribution in [3.8, 4) is 0 Å². The lowest BCUT2D eigenvalue weighted by atomic mass is 9.85. The van der Waals surface area contributed by atoms with Crippen LogP contribution in [-0.2, 0) is 4.79 Å². The Morgan fingerprint density at radius 2 is 1.82 bits per heavy atom. The van der Waals surface area contributed by atoms with Crippen molar-refractivity contribution in [1.82, 2.24) is 10.9 Å². The Morgan fingerprint density at radius 1 is 1.27 bits per heavy atom. The van der Waals surface area contributed by atoms with Crippen LogP contribution < -0.4 is 10.9 Å². The van der Waals surface area contributed by atoms with Crippen LogP contribution in [0.15, 0.2) is 0 Å². The summed E-state index contributed by atoms with van der Waals surface area (Å²) in [4.78, 5) is 11.7. The van der Waals surface area contributed by atoms with Crippen LogP contribution in [0.4, 0.5) is 0 Å². The van der Waals surface area contributed by atoms with Crippen molar-refractivity contribution in [2.24, 2.45) is 23.2 Å². The molecule has 3 nitrogen and oxygen atoms in total. The minimum absolute atomic E-state index is 0.0278. The van der Waals surface area contributed by atoms with E-state index in [2.05, 4.69) is 17.8 Å². The minimum atomic E-state index is -0.0278. The van der Waals surface area contributed by atoms with E-state index in [0.29, 0.717) is 35.6 Å². The second kappa shape index (κ2) is 1.08. The Labute approximate surface area is 64.5 Å². The van der Waals surface area contributed by atoms with Gasteiger partial charge in [-0.3, -0.25) is 15.6 Å². The smallest absolute Gasteiger partial charge is 0.145 e. The molecular formula is C8H10N2O. The fourth-order valence-electron chi connectivity index (χ4n) is 3.90. The fourth-order valence-corrected chi connectivity index (χ4v) is 3.90. The van der Waals surface area contributed by atoms with E-state index in [1.807, 2.05) is 0 Å². The maximum atomic E-state index is 11.7. The summed E-state index contributed by atoms with van der Waals surface area (Å²) in [6.45, 7) is 2.12. The monoisotopic (exact) mass is 150 g/mol. The van der Waals surface area contributed by atoms with E-state index in [9.17, 15) is 4.79 Å². The topological polar surface area (TPSA) is 41.1 Å². The van der Waals surface area contributed by atoms with Crippen LogP contribution >= 0.6 is 0 Å². The van der Waals surface area contributed by atoms with Crippen molar-refractivity contribution < 1.29 is 4.79 Å². The van der Waals surface area contributed by atoms with Crippen LogP contribution in [0.3, 0.4) is 0 Å². The predicted molar refractivity (Wildman–Crippen MR) is 37.4 cm³/mol. The quantitative estimate of drug-likeness (QED) is 0.479. The zero-order valence-corrected chi connectivity index (χ0v) is 6.29. The molecule has 0 spiro atoms. The van der Waals surface area contributed by atoms with Crippen LogP contribution in [0.25, 0.3) is 0 Å². The zero-order chi connectivity index (χ0) is 7.38. The Balaban J connectivity index is 2.06. The van der Waals surface area contributed by atoms with Crippen molar-refractivity contribution in [3.63, 3.8) is 0 Å². The molecule has 0 aromatic rings. The van der Waals surface area contributed by atoms with Gasteiger partial charge in [-0.15, -0.1) is 0 Å². The Morgan fingerprint density at radius 3 is 2.09 bits per heavy atom. The molecule has 11 heavy (non-hydrogen) atoms. The van der Waals surface area contributed by atoms with Crippen molar-refractivity contribution in [2.75, 3.05) is 0 Å². The number of hydrogen-bond donors (Lipinski definition) is 2. The normalized spacial score (nSPS) is 74.6. The molecule has 0 aromatic heterocycles. The van der Waals surface area contributed by atoms with Gasteiger partial charge in [0, 0.05) is 18.0 Å². The first-order chi connectivity index (χ1) is 5.26. The van der Waals surface area contributed by atoms with Gasteiger partial charge in [-0.1, -0.05) is 0 Å². The highest BCUT2D eigenvalue weighted by atomic mass is 16.1. The molecule has 2 N–H and O–H groups in total. The molecule has 0 amide bonds. The summed E-state index contributed by atoms with van der Waals surface area (Å²) in [5.41, 5.74) is 6.45.